The number of nitrogens with one attached hydrogen (secondary N) is 1. The first-order valence-electron chi connectivity index (χ1n) is 10.9. The van der Waals surface area contributed by atoms with Gasteiger partial charge in [0.15, 0.2) is 9.84 Å². The van der Waals surface area contributed by atoms with Crippen LogP contribution in [0.4, 0.5) is 13.2 Å². The number of ether oxygens (including phenoxy) is 1. The number of rotatable bonds is 5. The van der Waals surface area contributed by atoms with E-state index in [4.69, 9.17) is 4.74 Å². The van der Waals surface area contributed by atoms with Crippen LogP contribution in [-0.2, 0) is 20.8 Å². The number of aromatic nitrogens is 1. The fraction of sp³-hybridized carbons (Fsp3) is 0.762. The molecule has 0 bridgehead atoms. The second kappa shape index (κ2) is 8.61. The van der Waals surface area contributed by atoms with E-state index in [2.05, 4.69) is 15.2 Å². The number of likely N-dealkylation sites (tertiary alicyclic amines) is 1. The Morgan fingerprint density at radius 1 is 1.23 bits per heavy atom. The molecule has 31 heavy (non-hydrogen) atoms. The molecule has 3 heterocycles. The zero-order valence-electron chi connectivity index (χ0n) is 17.9. The summed E-state index contributed by atoms with van der Waals surface area (Å²) in [6, 6.07) is 2.13. The molecule has 1 N–H and O–H groups in total. The van der Waals surface area contributed by atoms with Crippen molar-refractivity contribution in [2.45, 2.75) is 55.1 Å². The molecule has 0 radical (unpaired) electrons. The van der Waals surface area contributed by atoms with Gasteiger partial charge < -0.3 is 10.1 Å². The lowest BCUT2D eigenvalue weighted by Crippen LogP contribution is -2.44. The Hall–Kier alpha value is -1.23. The Morgan fingerprint density at radius 2 is 1.94 bits per heavy atom. The number of halogens is 3. The molecule has 1 aromatic rings. The van der Waals surface area contributed by atoms with Crippen LogP contribution in [0, 0.1) is 24.7 Å². The summed E-state index contributed by atoms with van der Waals surface area (Å²) < 4.78 is 72.2. The van der Waals surface area contributed by atoms with Crippen LogP contribution >= 0.6 is 0 Å². The Morgan fingerprint density at radius 3 is 2.55 bits per heavy atom. The van der Waals surface area contributed by atoms with Gasteiger partial charge in [-0.3, -0.25) is 4.90 Å². The van der Waals surface area contributed by atoms with E-state index in [9.17, 15) is 21.6 Å². The van der Waals surface area contributed by atoms with E-state index >= 15 is 0 Å². The van der Waals surface area contributed by atoms with Gasteiger partial charge in [0.2, 0.25) is 0 Å². The smallest absolute Gasteiger partial charge is 0.381 e. The molecular formula is C21H30F3N3O3S. The van der Waals surface area contributed by atoms with Gasteiger partial charge in [-0.05, 0) is 69.5 Å². The summed E-state index contributed by atoms with van der Waals surface area (Å²) in [5, 5.41) is 2.54. The first-order chi connectivity index (χ1) is 14.6. The standard InChI is InChI=1S/C21H30F3N3O3S/c1-13-18(3-4-19(26-13)21(22,23)24)31(28,29)20-17-10-16(25-2)9-15(17)12-27(20)11-14-5-7-30-8-6-14/h3-4,14-17,20,25H,5-12H2,1-2H3/t15-,16+,17+,20+/m1/s1. The second-order valence-electron chi connectivity index (χ2n) is 9.10. The molecule has 174 valence electrons. The van der Waals surface area contributed by atoms with Gasteiger partial charge >= 0.3 is 6.18 Å². The van der Waals surface area contributed by atoms with Crippen LogP contribution in [-0.4, -0.2) is 63.1 Å². The number of alkyl halides is 3. The SMILES string of the molecule is CN[C@H]1C[C@@H]2CN(CC3CCOCC3)[C@@H](S(=O)(=O)c3ccc(C(F)(F)F)nc3C)[C@H]2C1. The van der Waals surface area contributed by atoms with Crippen LogP contribution in [0.5, 0.6) is 0 Å². The van der Waals surface area contributed by atoms with Crippen LogP contribution in [0.3, 0.4) is 0 Å². The quantitative estimate of drug-likeness (QED) is 0.727. The highest BCUT2D eigenvalue weighted by Crippen LogP contribution is 2.46. The summed E-state index contributed by atoms with van der Waals surface area (Å²) in [5.41, 5.74) is -1.16. The number of aryl methyl sites for hydroxylation is 1. The third kappa shape index (κ3) is 4.49. The van der Waals surface area contributed by atoms with Crippen molar-refractivity contribution in [3.05, 3.63) is 23.5 Å². The fourth-order valence-corrected chi connectivity index (χ4v) is 7.96. The maximum Gasteiger partial charge on any atom is 0.433 e. The normalized spacial score (nSPS) is 30.6. The zero-order chi connectivity index (χ0) is 22.4. The van der Waals surface area contributed by atoms with Gasteiger partial charge in [-0.1, -0.05) is 0 Å². The molecule has 3 aliphatic rings. The topological polar surface area (TPSA) is 71.5 Å². The Labute approximate surface area is 181 Å². The van der Waals surface area contributed by atoms with E-state index in [1.165, 1.54) is 6.92 Å². The average molecular weight is 462 g/mol. The third-order valence-electron chi connectivity index (χ3n) is 7.14. The molecular weight excluding hydrogens is 431 g/mol. The Bertz CT molecular complexity index is 903. The molecule has 6 nitrogen and oxygen atoms in total. The Kier molecular flexibility index (Phi) is 6.37. The lowest BCUT2D eigenvalue weighted by Gasteiger charge is -2.33. The predicted molar refractivity (Wildman–Crippen MR) is 109 cm³/mol. The van der Waals surface area contributed by atoms with Crippen LogP contribution in [0.25, 0.3) is 0 Å². The number of sulfone groups is 1. The molecule has 4 rings (SSSR count). The van der Waals surface area contributed by atoms with Crippen molar-refractivity contribution in [2.24, 2.45) is 17.8 Å². The maximum atomic E-state index is 13.8. The number of pyridine rings is 1. The van der Waals surface area contributed by atoms with E-state index in [1.807, 2.05) is 7.05 Å². The summed E-state index contributed by atoms with van der Waals surface area (Å²) in [7, 11) is -1.99. The average Bonchev–Trinajstić information content (AvgIpc) is 3.24. The van der Waals surface area contributed by atoms with Crippen molar-refractivity contribution >= 4 is 9.84 Å². The molecule has 2 aliphatic heterocycles. The van der Waals surface area contributed by atoms with Crippen molar-refractivity contribution in [2.75, 3.05) is 33.4 Å². The van der Waals surface area contributed by atoms with Crippen molar-refractivity contribution in [1.82, 2.24) is 15.2 Å². The maximum absolute atomic E-state index is 13.8. The van der Waals surface area contributed by atoms with Crippen LogP contribution in [0.2, 0.25) is 0 Å². The number of hydrogen-bond donors (Lipinski definition) is 1. The molecule has 2 saturated heterocycles. The lowest BCUT2D eigenvalue weighted by atomic mass is 10.00. The summed E-state index contributed by atoms with van der Waals surface area (Å²) in [6.45, 7) is 4.11. The minimum atomic E-state index is -4.61. The number of hydrogen-bond acceptors (Lipinski definition) is 6. The van der Waals surface area contributed by atoms with Gasteiger partial charge in [-0.2, -0.15) is 13.2 Å². The number of nitrogens with zero attached hydrogens (tertiary/aromatic N) is 2. The van der Waals surface area contributed by atoms with Crippen molar-refractivity contribution in [3.8, 4) is 0 Å². The van der Waals surface area contributed by atoms with Gasteiger partial charge in [0.1, 0.15) is 11.1 Å². The van der Waals surface area contributed by atoms with E-state index in [0.29, 0.717) is 32.2 Å². The van der Waals surface area contributed by atoms with Crippen LogP contribution in [0.15, 0.2) is 17.0 Å². The molecule has 1 aliphatic carbocycles. The largest absolute Gasteiger partial charge is 0.433 e. The molecule has 0 spiro atoms. The van der Waals surface area contributed by atoms with Gasteiger partial charge in [0.05, 0.1) is 10.6 Å². The van der Waals surface area contributed by atoms with Crippen molar-refractivity contribution in [1.29, 1.82) is 0 Å². The highest BCUT2D eigenvalue weighted by molar-refractivity contribution is 7.92. The third-order valence-corrected chi connectivity index (χ3v) is 9.47. The molecule has 3 fully saturated rings. The van der Waals surface area contributed by atoms with E-state index in [0.717, 1.165) is 37.8 Å². The van der Waals surface area contributed by atoms with Crippen molar-refractivity contribution in [3.63, 3.8) is 0 Å². The van der Waals surface area contributed by atoms with Crippen LogP contribution in [0.1, 0.15) is 37.1 Å². The molecule has 10 heteroatoms. The van der Waals surface area contributed by atoms with Gasteiger partial charge in [0.25, 0.3) is 0 Å². The molecule has 4 atom stereocenters. The highest BCUT2D eigenvalue weighted by Gasteiger charge is 2.53. The second-order valence-corrected chi connectivity index (χ2v) is 11.1. The van der Waals surface area contributed by atoms with Crippen molar-refractivity contribution < 1.29 is 26.3 Å². The highest BCUT2D eigenvalue weighted by atomic mass is 32.2. The minimum absolute atomic E-state index is 0.0380. The number of fused-ring (bicyclic) bond motifs is 1. The van der Waals surface area contributed by atoms with E-state index in [-0.39, 0.29) is 28.5 Å². The monoisotopic (exact) mass is 461 g/mol. The minimum Gasteiger partial charge on any atom is -0.381 e. The first-order valence-corrected chi connectivity index (χ1v) is 12.4. The molecule has 1 saturated carbocycles. The van der Waals surface area contributed by atoms with Gasteiger partial charge in [-0.25, -0.2) is 13.4 Å². The molecule has 0 aromatic carbocycles. The van der Waals surface area contributed by atoms with Gasteiger partial charge in [-0.15, -0.1) is 0 Å². The van der Waals surface area contributed by atoms with E-state index in [1.54, 1.807) is 0 Å². The summed E-state index contributed by atoms with van der Waals surface area (Å²) in [4.78, 5) is 5.57. The lowest BCUT2D eigenvalue weighted by molar-refractivity contribution is -0.141. The first kappa shape index (κ1) is 22.9. The zero-order valence-corrected chi connectivity index (χ0v) is 18.7. The van der Waals surface area contributed by atoms with Crippen LogP contribution < -0.4 is 5.32 Å². The summed E-state index contributed by atoms with van der Waals surface area (Å²) >= 11 is 0. The predicted octanol–water partition coefficient (Wildman–Crippen LogP) is 2.87. The summed E-state index contributed by atoms with van der Waals surface area (Å²) in [6.07, 6.45) is -1.13. The Balaban J connectivity index is 1.66. The van der Waals surface area contributed by atoms with Gasteiger partial charge in [0, 0.05) is 32.3 Å². The van der Waals surface area contributed by atoms with E-state index < -0.39 is 27.1 Å². The molecule has 0 unspecified atom stereocenters. The fourth-order valence-electron chi connectivity index (χ4n) is 5.63. The summed E-state index contributed by atoms with van der Waals surface area (Å²) in [5.74, 6) is 0.598. The molecule has 0 amide bonds. The molecule has 1 aromatic heterocycles.